The fourth-order valence-electron chi connectivity index (χ4n) is 3.65. The Morgan fingerprint density at radius 3 is 2.69 bits per heavy atom. The van der Waals surface area contributed by atoms with E-state index in [4.69, 9.17) is 4.74 Å². The maximum atomic E-state index is 13.4. The second-order valence-electron chi connectivity index (χ2n) is 6.87. The summed E-state index contributed by atoms with van der Waals surface area (Å²) in [6.07, 6.45) is 4.68. The minimum Gasteiger partial charge on any atom is -0.508 e. The van der Waals surface area contributed by atoms with Gasteiger partial charge < -0.3 is 15.2 Å². The summed E-state index contributed by atoms with van der Waals surface area (Å²) in [5.74, 6) is 1.11. The van der Waals surface area contributed by atoms with Gasteiger partial charge in [0, 0.05) is 23.9 Å². The number of allylic oxidation sites excluding steroid dienone is 2. The minimum atomic E-state index is -0.208. The van der Waals surface area contributed by atoms with Crippen LogP contribution in [0.25, 0.3) is 0 Å². The van der Waals surface area contributed by atoms with Gasteiger partial charge in [0.2, 0.25) is 0 Å². The Morgan fingerprint density at radius 2 is 1.96 bits per heavy atom. The molecule has 0 aliphatic carbocycles. The number of nitrogens with one attached hydrogen (secondary N) is 1. The van der Waals surface area contributed by atoms with Gasteiger partial charge in [0.25, 0.3) is 0 Å². The summed E-state index contributed by atoms with van der Waals surface area (Å²) in [7, 11) is 0. The molecular formula is C22H26FNO2. The number of phenols is 1. The first-order valence-corrected chi connectivity index (χ1v) is 9.15. The molecule has 2 N–H and O–H groups in total. The highest BCUT2D eigenvalue weighted by Gasteiger charge is 2.36. The number of hydrogen-bond acceptors (Lipinski definition) is 3. The van der Waals surface area contributed by atoms with E-state index in [1.807, 2.05) is 43.3 Å². The van der Waals surface area contributed by atoms with Crippen LogP contribution in [-0.4, -0.2) is 18.3 Å². The van der Waals surface area contributed by atoms with Crippen molar-refractivity contribution in [3.05, 3.63) is 77.3 Å². The number of halogens is 1. The Labute approximate surface area is 154 Å². The lowest BCUT2D eigenvalue weighted by molar-refractivity contribution is 0.107. The van der Waals surface area contributed by atoms with Crippen LogP contribution in [0.1, 0.15) is 37.3 Å². The van der Waals surface area contributed by atoms with E-state index in [1.54, 1.807) is 6.07 Å². The smallest absolute Gasteiger partial charge is 0.123 e. The summed E-state index contributed by atoms with van der Waals surface area (Å²) < 4.78 is 19.1. The van der Waals surface area contributed by atoms with Gasteiger partial charge in [0.05, 0.1) is 12.4 Å². The topological polar surface area (TPSA) is 41.5 Å². The number of benzene rings is 2. The van der Waals surface area contributed by atoms with E-state index in [0.29, 0.717) is 18.9 Å². The van der Waals surface area contributed by atoms with Gasteiger partial charge in [-0.05, 0) is 56.1 Å². The molecule has 1 heterocycles. The van der Waals surface area contributed by atoms with Crippen molar-refractivity contribution in [1.82, 2.24) is 5.32 Å². The molecule has 3 nitrogen and oxygen atoms in total. The van der Waals surface area contributed by atoms with Crippen molar-refractivity contribution in [2.45, 2.75) is 38.1 Å². The molecule has 1 atom stereocenters. The van der Waals surface area contributed by atoms with E-state index in [0.717, 1.165) is 42.7 Å². The van der Waals surface area contributed by atoms with Crippen LogP contribution in [0.2, 0.25) is 0 Å². The highest BCUT2D eigenvalue weighted by atomic mass is 19.1. The molecule has 2 aromatic rings. The normalized spacial score (nSPS) is 21.5. The molecule has 26 heavy (non-hydrogen) atoms. The zero-order chi connectivity index (χ0) is 18.4. The first-order valence-electron chi connectivity index (χ1n) is 9.15. The van der Waals surface area contributed by atoms with Crippen LogP contribution in [0.3, 0.4) is 0 Å². The first kappa shape index (κ1) is 18.5. The van der Waals surface area contributed by atoms with Crippen LogP contribution in [0.4, 0.5) is 4.39 Å². The van der Waals surface area contributed by atoms with Crippen molar-refractivity contribution in [1.29, 1.82) is 0 Å². The number of ether oxygens (including phenoxy) is 1. The number of para-hydroxylation sites is 1. The maximum Gasteiger partial charge on any atom is 0.123 e. The molecule has 0 bridgehead atoms. The molecule has 1 aliphatic heterocycles. The van der Waals surface area contributed by atoms with Crippen LogP contribution < -0.4 is 5.32 Å². The average molecular weight is 355 g/mol. The Bertz CT molecular complexity index is 757. The zero-order valence-corrected chi connectivity index (χ0v) is 15.2. The van der Waals surface area contributed by atoms with Gasteiger partial charge in [0.15, 0.2) is 0 Å². The molecule has 1 unspecified atom stereocenters. The second-order valence-corrected chi connectivity index (χ2v) is 6.87. The Kier molecular flexibility index (Phi) is 5.94. The van der Waals surface area contributed by atoms with Crippen molar-refractivity contribution < 1.29 is 14.2 Å². The minimum absolute atomic E-state index is 0.0560. The van der Waals surface area contributed by atoms with Gasteiger partial charge in [-0.15, -0.1) is 0 Å². The highest BCUT2D eigenvalue weighted by Crippen LogP contribution is 2.41. The molecule has 138 valence electrons. The molecule has 1 aliphatic rings. The molecule has 4 heteroatoms. The standard InChI is InChI=1S/C22H26FNO2/c1-2-20-15-22(12-14-26-20,18-7-9-19(23)10-8-18)11-13-24-16-17-5-3-4-6-21(17)25/h2-10,24-25H,11-16H2,1H3/b20-2-. The van der Waals surface area contributed by atoms with E-state index in [9.17, 15) is 9.50 Å². The summed E-state index contributed by atoms with van der Waals surface area (Å²) in [5.41, 5.74) is 2.00. The molecule has 0 aromatic heterocycles. The van der Waals surface area contributed by atoms with Gasteiger partial charge in [-0.1, -0.05) is 30.3 Å². The van der Waals surface area contributed by atoms with E-state index in [2.05, 4.69) is 5.32 Å². The molecule has 0 amide bonds. The summed E-state index contributed by atoms with van der Waals surface area (Å²) in [6, 6.07) is 14.2. The van der Waals surface area contributed by atoms with Crippen molar-refractivity contribution in [3.8, 4) is 5.75 Å². The Balaban J connectivity index is 1.70. The predicted octanol–water partition coefficient (Wildman–Crippen LogP) is 4.66. The monoisotopic (exact) mass is 355 g/mol. The van der Waals surface area contributed by atoms with E-state index in [-0.39, 0.29) is 11.2 Å². The van der Waals surface area contributed by atoms with Gasteiger partial charge in [0.1, 0.15) is 11.6 Å². The van der Waals surface area contributed by atoms with Crippen molar-refractivity contribution in [3.63, 3.8) is 0 Å². The summed E-state index contributed by atoms with van der Waals surface area (Å²) in [5, 5.41) is 13.3. The second kappa shape index (κ2) is 8.37. The Morgan fingerprint density at radius 1 is 1.19 bits per heavy atom. The number of aromatic hydroxyl groups is 1. The Hall–Kier alpha value is -2.33. The van der Waals surface area contributed by atoms with Crippen molar-refractivity contribution in [2.24, 2.45) is 0 Å². The van der Waals surface area contributed by atoms with Gasteiger partial charge in [-0.3, -0.25) is 0 Å². The van der Waals surface area contributed by atoms with Crippen LogP contribution in [0.5, 0.6) is 5.75 Å². The lowest BCUT2D eigenvalue weighted by Gasteiger charge is -2.39. The molecule has 3 rings (SSSR count). The third-order valence-electron chi connectivity index (χ3n) is 5.25. The zero-order valence-electron chi connectivity index (χ0n) is 15.2. The first-order chi connectivity index (χ1) is 12.6. The summed E-state index contributed by atoms with van der Waals surface area (Å²) >= 11 is 0. The van der Waals surface area contributed by atoms with E-state index in [1.165, 1.54) is 12.1 Å². The third kappa shape index (κ3) is 4.25. The van der Waals surface area contributed by atoms with E-state index >= 15 is 0 Å². The maximum absolute atomic E-state index is 13.4. The SMILES string of the molecule is C/C=C1/CC(CCNCc2ccccc2O)(c2ccc(F)cc2)CCO1. The quantitative estimate of drug-likeness (QED) is 0.740. The number of hydrogen-bond donors (Lipinski definition) is 2. The number of phenolic OH excluding ortho intramolecular Hbond substituents is 1. The lowest BCUT2D eigenvalue weighted by Crippen LogP contribution is -2.36. The molecular weight excluding hydrogens is 329 g/mol. The van der Waals surface area contributed by atoms with E-state index < -0.39 is 0 Å². The molecule has 1 saturated heterocycles. The molecule has 1 fully saturated rings. The fourth-order valence-corrected chi connectivity index (χ4v) is 3.65. The molecule has 0 radical (unpaired) electrons. The molecule has 0 spiro atoms. The average Bonchev–Trinajstić information content (AvgIpc) is 2.67. The number of rotatable bonds is 6. The van der Waals surface area contributed by atoms with Crippen LogP contribution in [0, 0.1) is 5.82 Å². The summed E-state index contributed by atoms with van der Waals surface area (Å²) in [6.45, 7) is 4.10. The van der Waals surface area contributed by atoms with Gasteiger partial charge in [-0.2, -0.15) is 0 Å². The highest BCUT2D eigenvalue weighted by molar-refractivity contribution is 5.32. The van der Waals surface area contributed by atoms with Crippen molar-refractivity contribution in [2.75, 3.05) is 13.2 Å². The van der Waals surface area contributed by atoms with Crippen LogP contribution in [-0.2, 0) is 16.7 Å². The van der Waals surface area contributed by atoms with Gasteiger partial charge in [-0.25, -0.2) is 4.39 Å². The van der Waals surface area contributed by atoms with Crippen molar-refractivity contribution >= 4 is 0 Å². The van der Waals surface area contributed by atoms with Crippen LogP contribution >= 0.6 is 0 Å². The van der Waals surface area contributed by atoms with Gasteiger partial charge >= 0.3 is 0 Å². The molecule has 2 aromatic carbocycles. The summed E-state index contributed by atoms with van der Waals surface area (Å²) in [4.78, 5) is 0. The lowest BCUT2D eigenvalue weighted by atomic mass is 9.71. The predicted molar refractivity (Wildman–Crippen MR) is 101 cm³/mol. The van der Waals surface area contributed by atoms with Crippen LogP contribution in [0.15, 0.2) is 60.4 Å². The fraction of sp³-hybridized carbons (Fsp3) is 0.364. The largest absolute Gasteiger partial charge is 0.508 e. The third-order valence-corrected chi connectivity index (χ3v) is 5.25. The molecule has 0 saturated carbocycles.